The van der Waals surface area contributed by atoms with Crippen LogP contribution in [0.15, 0.2) is 48.5 Å². The van der Waals surface area contributed by atoms with Gasteiger partial charge in [0.2, 0.25) is 0 Å². The molecule has 0 saturated heterocycles. The molecule has 0 fully saturated rings. The fourth-order valence-electron chi connectivity index (χ4n) is 2.02. The van der Waals surface area contributed by atoms with Crippen molar-refractivity contribution in [2.45, 2.75) is 0 Å². The molecule has 1 N–H and O–H groups in total. The highest BCUT2D eigenvalue weighted by atomic mass is 35.5. The highest BCUT2D eigenvalue weighted by Gasteiger charge is 2.13. The van der Waals surface area contributed by atoms with Crippen LogP contribution in [0, 0.1) is 0 Å². The third-order valence-corrected chi connectivity index (χ3v) is 3.27. The molecule has 0 amide bonds. The van der Waals surface area contributed by atoms with Crippen LogP contribution in [0.2, 0.25) is 10.0 Å². The number of halogens is 2. The normalized spacial score (nSPS) is 11.3. The van der Waals surface area contributed by atoms with E-state index in [2.05, 4.69) is 0 Å². The molecule has 0 heterocycles. The SMILES string of the molecule is COc1ccccc1/C(=C/C(=O)O)c1cc(Cl)cc(Cl)c1. The fourth-order valence-corrected chi connectivity index (χ4v) is 2.54. The largest absolute Gasteiger partial charge is 0.496 e. The standard InChI is InChI=1S/C16H12Cl2O3/c1-21-15-5-3-2-4-13(15)14(9-16(19)20)10-6-11(17)8-12(18)7-10/h2-9H,1H3,(H,19,20)/b14-9+. The second-order valence-corrected chi connectivity index (χ2v) is 5.13. The molecule has 0 bridgehead atoms. The summed E-state index contributed by atoms with van der Waals surface area (Å²) in [6.45, 7) is 0. The van der Waals surface area contributed by atoms with Crippen LogP contribution in [0.4, 0.5) is 0 Å². The second kappa shape index (κ2) is 6.66. The van der Waals surface area contributed by atoms with Crippen molar-refractivity contribution in [1.29, 1.82) is 0 Å². The first-order valence-electron chi connectivity index (χ1n) is 6.05. The molecule has 0 radical (unpaired) electrons. The Morgan fingerprint density at radius 3 is 2.33 bits per heavy atom. The Bertz CT molecular complexity index is 688. The lowest BCUT2D eigenvalue weighted by atomic mass is 9.96. The number of para-hydroxylation sites is 1. The quantitative estimate of drug-likeness (QED) is 0.842. The maximum absolute atomic E-state index is 11.1. The minimum Gasteiger partial charge on any atom is -0.496 e. The molecular weight excluding hydrogens is 311 g/mol. The van der Waals surface area contributed by atoms with Crippen LogP contribution < -0.4 is 4.74 Å². The van der Waals surface area contributed by atoms with Gasteiger partial charge in [-0.15, -0.1) is 0 Å². The van der Waals surface area contributed by atoms with E-state index in [0.717, 1.165) is 6.08 Å². The molecule has 0 aliphatic carbocycles. The van der Waals surface area contributed by atoms with E-state index in [4.69, 9.17) is 33.0 Å². The van der Waals surface area contributed by atoms with Gasteiger partial charge in [0.1, 0.15) is 5.75 Å². The summed E-state index contributed by atoms with van der Waals surface area (Å²) in [5.74, 6) is -0.492. The third kappa shape index (κ3) is 3.78. The van der Waals surface area contributed by atoms with Gasteiger partial charge >= 0.3 is 5.97 Å². The van der Waals surface area contributed by atoms with Crippen LogP contribution in [0.3, 0.4) is 0 Å². The van der Waals surface area contributed by atoms with E-state index in [1.807, 2.05) is 6.07 Å². The Morgan fingerprint density at radius 2 is 1.76 bits per heavy atom. The van der Waals surface area contributed by atoms with Crippen molar-refractivity contribution >= 4 is 34.7 Å². The number of methoxy groups -OCH3 is 1. The Hall–Kier alpha value is -1.97. The van der Waals surface area contributed by atoms with E-state index in [-0.39, 0.29) is 0 Å². The summed E-state index contributed by atoms with van der Waals surface area (Å²) in [4.78, 5) is 11.1. The Labute approximate surface area is 132 Å². The summed E-state index contributed by atoms with van der Waals surface area (Å²) in [5.41, 5.74) is 1.74. The molecule has 0 aliphatic rings. The van der Waals surface area contributed by atoms with E-state index in [1.54, 1.807) is 36.4 Å². The maximum atomic E-state index is 11.1. The van der Waals surface area contributed by atoms with E-state index in [9.17, 15) is 4.79 Å². The van der Waals surface area contributed by atoms with Crippen molar-refractivity contribution in [3.63, 3.8) is 0 Å². The molecule has 2 rings (SSSR count). The Kier molecular flexibility index (Phi) is 4.89. The number of rotatable bonds is 4. The molecule has 0 saturated carbocycles. The van der Waals surface area contributed by atoms with Crippen LogP contribution in [0.5, 0.6) is 5.75 Å². The Morgan fingerprint density at radius 1 is 1.14 bits per heavy atom. The number of hydrogen-bond acceptors (Lipinski definition) is 2. The molecule has 2 aromatic rings. The molecule has 0 aromatic heterocycles. The zero-order chi connectivity index (χ0) is 15.4. The van der Waals surface area contributed by atoms with Gasteiger partial charge in [-0.3, -0.25) is 0 Å². The molecule has 108 valence electrons. The highest BCUT2D eigenvalue weighted by Crippen LogP contribution is 2.33. The van der Waals surface area contributed by atoms with Crippen molar-refractivity contribution in [3.05, 3.63) is 69.7 Å². The molecule has 5 heteroatoms. The summed E-state index contributed by atoms with van der Waals surface area (Å²) in [6, 6.07) is 12.1. The zero-order valence-corrected chi connectivity index (χ0v) is 12.7. The van der Waals surface area contributed by atoms with Gasteiger partial charge in [0.25, 0.3) is 0 Å². The third-order valence-electron chi connectivity index (χ3n) is 2.84. The smallest absolute Gasteiger partial charge is 0.328 e. The number of aliphatic carboxylic acids is 1. The van der Waals surface area contributed by atoms with Crippen LogP contribution in [-0.2, 0) is 4.79 Å². The summed E-state index contributed by atoms with van der Waals surface area (Å²) < 4.78 is 5.29. The van der Waals surface area contributed by atoms with Gasteiger partial charge in [-0.05, 0) is 35.4 Å². The second-order valence-electron chi connectivity index (χ2n) is 4.25. The first kappa shape index (κ1) is 15.4. The summed E-state index contributed by atoms with van der Waals surface area (Å²) in [5, 5.41) is 9.99. The number of benzene rings is 2. The highest BCUT2D eigenvalue weighted by molar-refractivity contribution is 6.35. The Balaban J connectivity index is 2.67. The van der Waals surface area contributed by atoms with Crippen molar-refractivity contribution in [3.8, 4) is 5.75 Å². The lowest BCUT2D eigenvalue weighted by molar-refractivity contribution is -0.131. The summed E-state index contributed by atoms with van der Waals surface area (Å²) >= 11 is 12.0. The van der Waals surface area contributed by atoms with Crippen LogP contribution in [0.1, 0.15) is 11.1 Å². The van der Waals surface area contributed by atoms with E-state index >= 15 is 0 Å². The van der Waals surface area contributed by atoms with Gasteiger partial charge in [0, 0.05) is 21.7 Å². The number of hydrogen-bond donors (Lipinski definition) is 1. The van der Waals surface area contributed by atoms with Gasteiger partial charge in [0.05, 0.1) is 7.11 Å². The van der Waals surface area contributed by atoms with Crippen molar-refractivity contribution in [2.24, 2.45) is 0 Å². The van der Waals surface area contributed by atoms with Crippen LogP contribution in [0.25, 0.3) is 5.57 Å². The van der Waals surface area contributed by atoms with Gasteiger partial charge in [-0.2, -0.15) is 0 Å². The summed E-state index contributed by atoms with van der Waals surface area (Å²) in [6.07, 6.45) is 1.11. The lowest BCUT2D eigenvalue weighted by Crippen LogP contribution is -1.97. The van der Waals surface area contributed by atoms with Crippen molar-refractivity contribution in [2.75, 3.05) is 7.11 Å². The molecule has 21 heavy (non-hydrogen) atoms. The van der Waals surface area contributed by atoms with Gasteiger partial charge in [0.15, 0.2) is 0 Å². The lowest BCUT2D eigenvalue weighted by Gasteiger charge is -2.13. The molecule has 0 atom stereocenters. The van der Waals surface area contributed by atoms with E-state index in [0.29, 0.717) is 32.5 Å². The minimum absolute atomic E-state index is 0.434. The number of ether oxygens (including phenoxy) is 1. The van der Waals surface area contributed by atoms with Gasteiger partial charge in [-0.1, -0.05) is 41.4 Å². The average Bonchev–Trinajstić information content (AvgIpc) is 2.43. The maximum Gasteiger partial charge on any atom is 0.328 e. The molecule has 0 spiro atoms. The predicted molar refractivity (Wildman–Crippen MR) is 84.2 cm³/mol. The number of carboxylic acids is 1. The van der Waals surface area contributed by atoms with E-state index in [1.165, 1.54) is 7.11 Å². The van der Waals surface area contributed by atoms with Gasteiger partial charge < -0.3 is 9.84 Å². The average molecular weight is 323 g/mol. The topological polar surface area (TPSA) is 46.5 Å². The minimum atomic E-state index is -1.06. The van der Waals surface area contributed by atoms with E-state index < -0.39 is 5.97 Å². The molecule has 2 aromatic carbocycles. The molecular formula is C16H12Cl2O3. The van der Waals surface area contributed by atoms with Crippen molar-refractivity contribution in [1.82, 2.24) is 0 Å². The summed E-state index contributed by atoms with van der Waals surface area (Å²) in [7, 11) is 1.53. The zero-order valence-electron chi connectivity index (χ0n) is 11.1. The van der Waals surface area contributed by atoms with Crippen LogP contribution in [-0.4, -0.2) is 18.2 Å². The van der Waals surface area contributed by atoms with Crippen LogP contribution >= 0.6 is 23.2 Å². The first-order chi connectivity index (χ1) is 10.0. The predicted octanol–water partition coefficient (Wildman–Crippen LogP) is 4.52. The molecule has 3 nitrogen and oxygen atoms in total. The number of carboxylic acid groups (broad SMARTS) is 1. The number of carbonyl (C=O) groups is 1. The monoisotopic (exact) mass is 322 g/mol. The first-order valence-corrected chi connectivity index (χ1v) is 6.81. The molecule has 0 unspecified atom stereocenters. The van der Waals surface area contributed by atoms with Gasteiger partial charge in [-0.25, -0.2) is 4.79 Å². The fraction of sp³-hybridized carbons (Fsp3) is 0.0625. The molecule has 0 aliphatic heterocycles. The van der Waals surface area contributed by atoms with Crippen molar-refractivity contribution < 1.29 is 14.6 Å².